The highest BCUT2D eigenvalue weighted by Gasteiger charge is 2.30. The number of nitrogens with one attached hydrogen (secondary N) is 2. The second kappa shape index (κ2) is 16.0. The lowest BCUT2D eigenvalue weighted by atomic mass is 9.95. The second-order valence-corrected chi connectivity index (χ2v) is 13.7. The van der Waals surface area contributed by atoms with Gasteiger partial charge in [-0.2, -0.15) is 0 Å². The van der Waals surface area contributed by atoms with Gasteiger partial charge in [0.2, 0.25) is 5.91 Å². The Kier molecular flexibility index (Phi) is 11.6. The molecule has 4 amide bonds. The van der Waals surface area contributed by atoms with E-state index in [-0.39, 0.29) is 18.2 Å². The number of hydrogen-bond acceptors (Lipinski definition) is 6. The number of carbonyl (C=O) groups is 3. The van der Waals surface area contributed by atoms with Crippen molar-refractivity contribution in [3.63, 3.8) is 0 Å². The van der Waals surface area contributed by atoms with Gasteiger partial charge in [0, 0.05) is 57.4 Å². The lowest BCUT2D eigenvalue weighted by Crippen LogP contribution is -2.46. The van der Waals surface area contributed by atoms with E-state index in [0.29, 0.717) is 31.8 Å². The van der Waals surface area contributed by atoms with Crippen molar-refractivity contribution >= 4 is 34.8 Å². The molecule has 0 unspecified atom stereocenters. The number of nitrogens with two attached hydrogens (primary N) is 1. The van der Waals surface area contributed by atoms with Crippen LogP contribution in [-0.4, -0.2) is 70.9 Å². The molecule has 1 aliphatic heterocycles. The van der Waals surface area contributed by atoms with Gasteiger partial charge < -0.3 is 35.3 Å². The monoisotopic (exact) mass is 668 g/mol. The number of hydrogen-bond donors (Lipinski definition) is 3. The van der Waals surface area contributed by atoms with Gasteiger partial charge >= 0.3 is 12.1 Å². The van der Waals surface area contributed by atoms with Crippen molar-refractivity contribution in [3.05, 3.63) is 84.2 Å². The number of carbonyl (C=O) groups excluding carboxylic acids is 3. The molecule has 1 fully saturated rings. The van der Waals surface area contributed by atoms with Gasteiger partial charge in [0.05, 0.1) is 11.0 Å². The van der Waals surface area contributed by atoms with Crippen LogP contribution in [0, 0.1) is 0 Å². The number of rotatable bonds is 12. The maximum Gasteiger partial charge on any atom is 0.407 e. The summed E-state index contributed by atoms with van der Waals surface area (Å²) in [5.41, 5.74) is 10.2. The van der Waals surface area contributed by atoms with E-state index < -0.39 is 23.8 Å². The molecule has 1 aliphatic rings. The number of nitrogens with zero attached hydrogens (tertiary/aromatic N) is 3. The number of anilines is 1. The zero-order valence-corrected chi connectivity index (χ0v) is 28.9. The molecule has 3 aromatic carbocycles. The molecular formula is C38H48N6O5. The number of urea groups is 1. The molecule has 0 bridgehead atoms. The average molecular weight is 669 g/mol. The van der Waals surface area contributed by atoms with E-state index in [9.17, 15) is 14.4 Å². The first-order valence-electron chi connectivity index (χ1n) is 17.0. The Morgan fingerprint density at radius 2 is 1.69 bits per heavy atom. The molecule has 1 aromatic heterocycles. The summed E-state index contributed by atoms with van der Waals surface area (Å²) in [6, 6.07) is 22.5. The van der Waals surface area contributed by atoms with Gasteiger partial charge in [-0.15, -0.1) is 0 Å². The van der Waals surface area contributed by atoms with Crippen molar-refractivity contribution in [2.75, 3.05) is 32.1 Å². The van der Waals surface area contributed by atoms with Crippen LogP contribution in [0.25, 0.3) is 22.2 Å². The molecule has 0 aliphatic carbocycles. The molecule has 0 radical (unpaired) electrons. The standard InChI is InChI=1S/C38H48N6O5/c1-38(2,3)49-37(47)41-31(23-26-12-14-27(15-13-26)28-16-18-30(19-17-28)40-36(39)46)24-34(45)43-20-7-9-29(25-43)35-42-32-10-5-6-11-33(32)44(35)21-8-22-48-4/h5-6,10-19,29,31H,7-9,20-25H2,1-4H3,(H,41,47)(H3,39,40,46)/t29-,31-/m1/s1. The van der Waals surface area contributed by atoms with Gasteiger partial charge in [0.1, 0.15) is 11.4 Å². The third-order valence-electron chi connectivity index (χ3n) is 8.62. The molecule has 260 valence electrons. The Morgan fingerprint density at radius 1 is 1.00 bits per heavy atom. The first-order valence-corrected chi connectivity index (χ1v) is 17.0. The van der Waals surface area contributed by atoms with Gasteiger partial charge in [-0.05, 0) is 87.4 Å². The van der Waals surface area contributed by atoms with Gasteiger partial charge in [0.15, 0.2) is 0 Å². The Morgan fingerprint density at radius 3 is 2.37 bits per heavy atom. The number of piperidine rings is 1. The second-order valence-electron chi connectivity index (χ2n) is 13.7. The lowest BCUT2D eigenvalue weighted by molar-refractivity contribution is -0.133. The van der Waals surface area contributed by atoms with E-state index >= 15 is 0 Å². The van der Waals surface area contributed by atoms with Crippen molar-refractivity contribution in [2.24, 2.45) is 5.73 Å². The summed E-state index contributed by atoms with van der Waals surface area (Å²) in [6.45, 7) is 8.16. The molecule has 5 rings (SSSR count). The minimum absolute atomic E-state index is 0.00548. The highest BCUT2D eigenvalue weighted by Crippen LogP contribution is 2.30. The minimum Gasteiger partial charge on any atom is -0.444 e. The molecule has 11 heteroatoms. The summed E-state index contributed by atoms with van der Waals surface area (Å²) in [5, 5.41) is 5.54. The predicted octanol–water partition coefficient (Wildman–Crippen LogP) is 6.46. The summed E-state index contributed by atoms with van der Waals surface area (Å²) in [4.78, 5) is 44.9. The van der Waals surface area contributed by atoms with Crippen molar-refractivity contribution in [3.8, 4) is 11.1 Å². The Hall–Kier alpha value is -4.90. The summed E-state index contributed by atoms with van der Waals surface area (Å²) in [6.07, 6.45) is 2.76. The van der Waals surface area contributed by atoms with Crippen molar-refractivity contribution in [2.45, 2.75) is 77.0 Å². The van der Waals surface area contributed by atoms with Gasteiger partial charge in [-0.3, -0.25) is 4.79 Å². The predicted molar refractivity (Wildman–Crippen MR) is 191 cm³/mol. The zero-order valence-electron chi connectivity index (χ0n) is 28.9. The first kappa shape index (κ1) is 35.4. The van der Waals surface area contributed by atoms with Crippen LogP contribution >= 0.6 is 0 Å². The van der Waals surface area contributed by atoms with Crippen LogP contribution in [0.5, 0.6) is 0 Å². The van der Waals surface area contributed by atoms with Crippen molar-refractivity contribution in [1.82, 2.24) is 19.8 Å². The number of alkyl carbamates (subject to hydrolysis) is 1. The first-order chi connectivity index (χ1) is 23.5. The molecule has 11 nitrogen and oxygen atoms in total. The molecule has 49 heavy (non-hydrogen) atoms. The van der Waals surface area contributed by atoms with E-state index in [1.54, 1.807) is 19.2 Å². The highest BCUT2D eigenvalue weighted by molar-refractivity contribution is 5.88. The van der Waals surface area contributed by atoms with Crippen LogP contribution in [0.3, 0.4) is 0 Å². The van der Waals surface area contributed by atoms with Gasteiger partial charge in [-0.25, -0.2) is 14.6 Å². The fourth-order valence-electron chi connectivity index (χ4n) is 6.42. The van der Waals surface area contributed by atoms with Crippen LogP contribution in [0.4, 0.5) is 15.3 Å². The fraction of sp³-hybridized carbons (Fsp3) is 0.421. The van der Waals surface area contributed by atoms with Gasteiger partial charge in [-0.1, -0.05) is 48.5 Å². The Bertz CT molecular complexity index is 1730. The normalized spacial score (nSPS) is 15.5. The van der Waals surface area contributed by atoms with Gasteiger partial charge in [0.25, 0.3) is 0 Å². The number of primary amides is 1. The van der Waals surface area contributed by atoms with E-state index in [1.807, 2.05) is 80.3 Å². The molecule has 0 saturated carbocycles. The van der Waals surface area contributed by atoms with Crippen LogP contribution < -0.4 is 16.4 Å². The molecule has 1 saturated heterocycles. The maximum atomic E-state index is 13.9. The third kappa shape index (κ3) is 9.82. The molecule has 2 heterocycles. The van der Waals surface area contributed by atoms with Crippen LogP contribution in [-0.2, 0) is 27.2 Å². The van der Waals surface area contributed by atoms with Crippen molar-refractivity contribution in [1.29, 1.82) is 0 Å². The van der Waals surface area contributed by atoms with Crippen molar-refractivity contribution < 1.29 is 23.9 Å². The number of ether oxygens (including phenoxy) is 2. The maximum absolute atomic E-state index is 13.9. The topological polar surface area (TPSA) is 141 Å². The summed E-state index contributed by atoms with van der Waals surface area (Å²) in [7, 11) is 1.71. The summed E-state index contributed by atoms with van der Waals surface area (Å²) < 4.78 is 13.2. The number of likely N-dealkylation sites (tertiary alicyclic amines) is 1. The number of benzene rings is 3. The molecule has 0 spiro atoms. The smallest absolute Gasteiger partial charge is 0.407 e. The molecule has 2 atom stereocenters. The minimum atomic E-state index is -0.669. The number of aryl methyl sites for hydroxylation is 1. The lowest BCUT2D eigenvalue weighted by Gasteiger charge is -2.34. The average Bonchev–Trinajstić information content (AvgIpc) is 3.43. The number of methoxy groups -OCH3 is 1. The Labute approximate surface area is 288 Å². The molecular weight excluding hydrogens is 620 g/mol. The zero-order chi connectivity index (χ0) is 35.0. The molecule has 4 N–H and O–H groups in total. The number of para-hydroxylation sites is 2. The van der Waals surface area contributed by atoms with Crippen LogP contribution in [0.2, 0.25) is 0 Å². The van der Waals surface area contributed by atoms with E-state index in [0.717, 1.165) is 59.4 Å². The van der Waals surface area contributed by atoms with Crippen LogP contribution in [0.1, 0.15) is 63.8 Å². The summed E-state index contributed by atoms with van der Waals surface area (Å²) >= 11 is 0. The summed E-state index contributed by atoms with van der Waals surface area (Å²) in [5.74, 6) is 1.12. The number of amides is 4. The largest absolute Gasteiger partial charge is 0.444 e. The number of fused-ring (bicyclic) bond motifs is 1. The highest BCUT2D eigenvalue weighted by atomic mass is 16.6. The van der Waals surface area contributed by atoms with E-state index in [2.05, 4.69) is 21.3 Å². The molecule has 4 aromatic rings. The van der Waals surface area contributed by atoms with Crippen LogP contribution in [0.15, 0.2) is 72.8 Å². The van der Waals surface area contributed by atoms with E-state index in [1.165, 1.54) is 0 Å². The third-order valence-corrected chi connectivity index (χ3v) is 8.62. The van der Waals surface area contributed by atoms with E-state index in [4.69, 9.17) is 20.2 Å². The Balaban J connectivity index is 1.29. The SMILES string of the molecule is COCCCn1c([C@@H]2CCCN(C(=O)C[C@@H](Cc3ccc(-c4ccc(NC(N)=O)cc4)cc3)NC(=O)OC(C)(C)C)C2)nc2ccccc21. The quantitative estimate of drug-likeness (QED) is 0.148. The fourth-order valence-corrected chi connectivity index (χ4v) is 6.42. The number of aromatic nitrogens is 2. The number of imidazole rings is 1.